The first kappa shape index (κ1) is 8.56. The number of aliphatic hydroxyl groups is 1. The van der Waals surface area contributed by atoms with Crippen LogP contribution in [0.5, 0.6) is 5.88 Å². The van der Waals surface area contributed by atoms with E-state index in [1.54, 1.807) is 12.3 Å². The molecule has 0 atom stereocenters. The first-order valence-electron chi connectivity index (χ1n) is 4.69. The van der Waals surface area contributed by atoms with E-state index in [4.69, 9.17) is 4.74 Å². The summed E-state index contributed by atoms with van der Waals surface area (Å²) in [5, 5.41) is 16.4. The van der Waals surface area contributed by atoms with Crippen molar-refractivity contribution in [2.24, 2.45) is 0 Å². The number of nitrogens with one attached hydrogen (secondary N) is 1. The van der Waals surface area contributed by atoms with Gasteiger partial charge in [0.1, 0.15) is 0 Å². The summed E-state index contributed by atoms with van der Waals surface area (Å²) >= 11 is 0. The zero-order valence-corrected chi connectivity index (χ0v) is 7.49. The lowest BCUT2D eigenvalue weighted by Gasteiger charge is -2.31. The Kier molecular flexibility index (Phi) is 2.22. The number of aromatic amines is 1. The van der Waals surface area contributed by atoms with Crippen LogP contribution in [0.1, 0.15) is 32.1 Å². The molecule has 1 aliphatic carbocycles. The number of aromatic nitrogens is 2. The molecule has 4 heteroatoms. The molecule has 72 valence electrons. The fourth-order valence-electron chi connectivity index (χ4n) is 1.71. The molecule has 4 nitrogen and oxygen atoms in total. The van der Waals surface area contributed by atoms with Crippen molar-refractivity contribution in [2.75, 3.05) is 0 Å². The van der Waals surface area contributed by atoms with Crippen LogP contribution in [0.2, 0.25) is 0 Å². The minimum atomic E-state index is -0.967. The number of H-pyrrole nitrogens is 1. The Morgan fingerprint density at radius 2 is 2.15 bits per heavy atom. The summed E-state index contributed by atoms with van der Waals surface area (Å²) in [7, 11) is 0. The van der Waals surface area contributed by atoms with Crippen molar-refractivity contribution in [3.05, 3.63) is 12.3 Å². The molecule has 2 rings (SSSR count). The SMILES string of the molecule is OC1(Oc2ccn[nH]2)CCCCC1. The van der Waals surface area contributed by atoms with E-state index in [1.165, 1.54) is 6.42 Å². The molecule has 1 saturated carbocycles. The van der Waals surface area contributed by atoms with E-state index in [0.717, 1.165) is 12.8 Å². The molecule has 13 heavy (non-hydrogen) atoms. The minimum Gasteiger partial charge on any atom is -0.446 e. The fourth-order valence-corrected chi connectivity index (χ4v) is 1.71. The highest BCUT2D eigenvalue weighted by Gasteiger charge is 2.31. The molecule has 1 aliphatic rings. The van der Waals surface area contributed by atoms with E-state index >= 15 is 0 Å². The van der Waals surface area contributed by atoms with Gasteiger partial charge in [-0.1, -0.05) is 6.42 Å². The number of hydrogen-bond donors (Lipinski definition) is 2. The molecule has 0 bridgehead atoms. The summed E-state index contributed by atoms with van der Waals surface area (Å²) in [5.41, 5.74) is 0. The maximum Gasteiger partial charge on any atom is 0.211 e. The van der Waals surface area contributed by atoms with Crippen LogP contribution in [-0.4, -0.2) is 21.1 Å². The van der Waals surface area contributed by atoms with Crippen LogP contribution in [0.15, 0.2) is 12.3 Å². The van der Waals surface area contributed by atoms with Gasteiger partial charge in [-0.3, -0.25) is 0 Å². The number of rotatable bonds is 2. The Labute approximate surface area is 76.9 Å². The summed E-state index contributed by atoms with van der Waals surface area (Å²) in [6.07, 6.45) is 6.30. The van der Waals surface area contributed by atoms with Gasteiger partial charge in [0.2, 0.25) is 11.7 Å². The maximum atomic E-state index is 9.97. The number of ether oxygens (including phenoxy) is 1. The third-order valence-electron chi connectivity index (χ3n) is 2.41. The molecule has 0 unspecified atom stereocenters. The first-order valence-corrected chi connectivity index (χ1v) is 4.69. The second kappa shape index (κ2) is 3.38. The van der Waals surface area contributed by atoms with Crippen molar-refractivity contribution in [3.8, 4) is 5.88 Å². The van der Waals surface area contributed by atoms with Crippen LogP contribution in [-0.2, 0) is 0 Å². The Hall–Kier alpha value is -1.03. The molecular weight excluding hydrogens is 168 g/mol. The van der Waals surface area contributed by atoms with Crippen LogP contribution < -0.4 is 4.74 Å². The lowest BCUT2D eigenvalue weighted by molar-refractivity contribution is -0.160. The monoisotopic (exact) mass is 182 g/mol. The van der Waals surface area contributed by atoms with E-state index in [1.807, 2.05) is 0 Å². The Bertz CT molecular complexity index is 253. The average Bonchev–Trinajstić information content (AvgIpc) is 2.57. The van der Waals surface area contributed by atoms with Crippen LogP contribution >= 0.6 is 0 Å². The van der Waals surface area contributed by atoms with Gasteiger partial charge in [0.25, 0.3) is 0 Å². The van der Waals surface area contributed by atoms with E-state index in [0.29, 0.717) is 18.7 Å². The van der Waals surface area contributed by atoms with Crippen molar-refractivity contribution in [1.29, 1.82) is 0 Å². The molecule has 2 N–H and O–H groups in total. The third-order valence-corrected chi connectivity index (χ3v) is 2.41. The van der Waals surface area contributed by atoms with Crippen molar-refractivity contribution < 1.29 is 9.84 Å². The number of hydrogen-bond acceptors (Lipinski definition) is 3. The summed E-state index contributed by atoms with van der Waals surface area (Å²) in [6, 6.07) is 1.71. The second-order valence-electron chi connectivity index (χ2n) is 3.53. The van der Waals surface area contributed by atoms with Gasteiger partial charge in [0.05, 0.1) is 6.20 Å². The Morgan fingerprint density at radius 1 is 1.38 bits per heavy atom. The van der Waals surface area contributed by atoms with Gasteiger partial charge in [-0.05, 0) is 12.8 Å². The van der Waals surface area contributed by atoms with E-state index < -0.39 is 5.79 Å². The smallest absolute Gasteiger partial charge is 0.211 e. The van der Waals surface area contributed by atoms with Gasteiger partial charge in [-0.2, -0.15) is 5.10 Å². The lowest BCUT2D eigenvalue weighted by atomic mass is 9.94. The van der Waals surface area contributed by atoms with Crippen molar-refractivity contribution in [1.82, 2.24) is 10.2 Å². The third kappa shape index (κ3) is 2.01. The molecule has 0 spiro atoms. The highest BCUT2D eigenvalue weighted by atomic mass is 16.6. The van der Waals surface area contributed by atoms with Gasteiger partial charge < -0.3 is 9.84 Å². The summed E-state index contributed by atoms with van der Waals surface area (Å²) in [6.45, 7) is 0. The van der Waals surface area contributed by atoms with Crippen molar-refractivity contribution in [3.63, 3.8) is 0 Å². The molecule has 1 aromatic heterocycles. The number of nitrogens with zero attached hydrogens (tertiary/aromatic N) is 1. The summed E-state index contributed by atoms with van der Waals surface area (Å²) < 4.78 is 5.42. The predicted molar refractivity (Wildman–Crippen MR) is 47.3 cm³/mol. The van der Waals surface area contributed by atoms with Gasteiger partial charge in [0.15, 0.2) is 0 Å². The highest BCUT2D eigenvalue weighted by Crippen LogP contribution is 2.29. The van der Waals surface area contributed by atoms with Crippen LogP contribution in [0.4, 0.5) is 0 Å². The largest absolute Gasteiger partial charge is 0.446 e. The fraction of sp³-hybridized carbons (Fsp3) is 0.667. The minimum absolute atomic E-state index is 0.546. The summed E-state index contributed by atoms with van der Waals surface area (Å²) in [5.74, 6) is -0.422. The molecule has 0 saturated heterocycles. The zero-order chi connectivity index (χ0) is 9.15. The normalized spacial score (nSPS) is 21.3. The van der Waals surface area contributed by atoms with Crippen molar-refractivity contribution in [2.45, 2.75) is 37.9 Å². The molecule has 0 amide bonds. The molecule has 1 heterocycles. The molecule has 1 fully saturated rings. The van der Waals surface area contributed by atoms with Gasteiger partial charge in [-0.15, -0.1) is 0 Å². The predicted octanol–water partition coefficient (Wildman–Crippen LogP) is 1.44. The molecule has 0 aromatic carbocycles. The highest BCUT2D eigenvalue weighted by molar-refractivity contribution is 5.05. The average molecular weight is 182 g/mol. The van der Waals surface area contributed by atoms with Crippen LogP contribution in [0.25, 0.3) is 0 Å². The standard InChI is InChI=1S/C9H14N2O2/c12-9(5-2-1-3-6-9)13-8-4-7-10-11-8/h4,7,12H,1-3,5-6H2,(H,10,11). The van der Waals surface area contributed by atoms with Crippen LogP contribution in [0, 0.1) is 0 Å². The molecular formula is C9H14N2O2. The van der Waals surface area contributed by atoms with Gasteiger partial charge in [-0.25, -0.2) is 5.10 Å². The summed E-state index contributed by atoms with van der Waals surface area (Å²) in [4.78, 5) is 0. The van der Waals surface area contributed by atoms with Gasteiger partial charge >= 0.3 is 0 Å². The van der Waals surface area contributed by atoms with E-state index in [-0.39, 0.29) is 0 Å². The van der Waals surface area contributed by atoms with E-state index in [2.05, 4.69) is 10.2 Å². The molecule has 1 aromatic rings. The van der Waals surface area contributed by atoms with Gasteiger partial charge in [0, 0.05) is 18.9 Å². The van der Waals surface area contributed by atoms with Crippen molar-refractivity contribution >= 4 is 0 Å². The zero-order valence-electron chi connectivity index (χ0n) is 7.49. The Balaban J connectivity index is 1.99. The second-order valence-corrected chi connectivity index (χ2v) is 3.53. The first-order chi connectivity index (χ1) is 6.29. The maximum absolute atomic E-state index is 9.97. The molecule has 0 radical (unpaired) electrons. The lowest BCUT2D eigenvalue weighted by Crippen LogP contribution is -2.37. The topological polar surface area (TPSA) is 58.1 Å². The molecule has 0 aliphatic heterocycles. The quantitative estimate of drug-likeness (QED) is 0.680. The van der Waals surface area contributed by atoms with E-state index in [9.17, 15) is 5.11 Å². The van der Waals surface area contributed by atoms with Crippen LogP contribution in [0.3, 0.4) is 0 Å². The Morgan fingerprint density at radius 3 is 2.77 bits per heavy atom.